The van der Waals surface area contributed by atoms with Gasteiger partial charge in [0.1, 0.15) is 0 Å². The summed E-state index contributed by atoms with van der Waals surface area (Å²) >= 11 is 11.9. The minimum Gasteiger partial charge on any atom is -0.308 e. The third-order valence-electron chi connectivity index (χ3n) is 4.08. The SMILES string of the molecule is Cc1ccc([C@@H](NCC(=O)Nc2ncc(Cl)cc2Cl)c2ccccc2)cc1. The van der Waals surface area contributed by atoms with E-state index in [-0.39, 0.29) is 18.5 Å². The second-order valence-corrected chi connectivity index (χ2v) is 7.01. The van der Waals surface area contributed by atoms with Crippen molar-refractivity contribution in [3.8, 4) is 0 Å². The van der Waals surface area contributed by atoms with Gasteiger partial charge in [0.05, 0.1) is 22.6 Å². The van der Waals surface area contributed by atoms with Crippen LogP contribution in [0, 0.1) is 6.92 Å². The summed E-state index contributed by atoms with van der Waals surface area (Å²) < 4.78 is 0. The largest absolute Gasteiger partial charge is 0.308 e. The first-order valence-electron chi connectivity index (χ1n) is 8.49. The number of halogens is 2. The summed E-state index contributed by atoms with van der Waals surface area (Å²) in [7, 11) is 0. The fourth-order valence-corrected chi connectivity index (χ4v) is 3.14. The van der Waals surface area contributed by atoms with Crippen LogP contribution in [-0.2, 0) is 4.79 Å². The lowest BCUT2D eigenvalue weighted by atomic mass is 9.98. The van der Waals surface area contributed by atoms with Crippen LogP contribution < -0.4 is 10.6 Å². The molecule has 1 aromatic heterocycles. The Morgan fingerprint density at radius 1 is 1.04 bits per heavy atom. The Labute approximate surface area is 168 Å². The quantitative estimate of drug-likeness (QED) is 0.611. The Morgan fingerprint density at radius 3 is 2.37 bits per heavy atom. The van der Waals surface area contributed by atoms with E-state index in [9.17, 15) is 4.79 Å². The molecular weight excluding hydrogens is 381 g/mol. The fraction of sp³-hybridized carbons (Fsp3) is 0.143. The number of hydrogen-bond donors (Lipinski definition) is 2. The van der Waals surface area contributed by atoms with Gasteiger partial charge in [-0.1, -0.05) is 83.4 Å². The van der Waals surface area contributed by atoms with Crippen LogP contribution in [0.2, 0.25) is 10.0 Å². The molecule has 0 spiro atoms. The van der Waals surface area contributed by atoms with Crippen molar-refractivity contribution in [2.24, 2.45) is 0 Å². The van der Waals surface area contributed by atoms with Gasteiger partial charge in [-0.2, -0.15) is 0 Å². The van der Waals surface area contributed by atoms with Crippen molar-refractivity contribution in [2.75, 3.05) is 11.9 Å². The highest BCUT2D eigenvalue weighted by molar-refractivity contribution is 6.36. The van der Waals surface area contributed by atoms with Gasteiger partial charge in [0, 0.05) is 6.20 Å². The third-order valence-corrected chi connectivity index (χ3v) is 4.57. The summed E-state index contributed by atoms with van der Waals surface area (Å²) in [5.41, 5.74) is 3.35. The van der Waals surface area contributed by atoms with Gasteiger partial charge in [0.25, 0.3) is 0 Å². The second kappa shape index (κ2) is 9.00. The molecule has 3 rings (SSSR count). The lowest BCUT2D eigenvalue weighted by molar-refractivity contribution is -0.115. The number of rotatable bonds is 6. The van der Waals surface area contributed by atoms with Gasteiger partial charge in [-0.3, -0.25) is 10.1 Å². The van der Waals surface area contributed by atoms with E-state index in [0.717, 1.165) is 11.1 Å². The zero-order valence-corrected chi connectivity index (χ0v) is 16.3. The Morgan fingerprint density at radius 2 is 1.70 bits per heavy atom. The molecule has 27 heavy (non-hydrogen) atoms. The number of carbonyl (C=O) groups excluding carboxylic acids is 1. The summed E-state index contributed by atoms with van der Waals surface area (Å²) in [5.74, 6) is 0.0548. The van der Waals surface area contributed by atoms with E-state index in [2.05, 4.69) is 39.9 Å². The number of aromatic nitrogens is 1. The Balaban J connectivity index is 1.72. The van der Waals surface area contributed by atoms with Crippen LogP contribution in [0.15, 0.2) is 66.9 Å². The summed E-state index contributed by atoms with van der Waals surface area (Å²) in [6.07, 6.45) is 1.44. The van der Waals surface area contributed by atoms with Crippen LogP contribution in [0.25, 0.3) is 0 Å². The van der Waals surface area contributed by atoms with Crippen molar-refractivity contribution in [2.45, 2.75) is 13.0 Å². The van der Waals surface area contributed by atoms with Crippen LogP contribution in [0.3, 0.4) is 0 Å². The maximum atomic E-state index is 12.4. The number of carbonyl (C=O) groups is 1. The number of benzene rings is 2. The highest BCUT2D eigenvalue weighted by Gasteiger charge is 2.15. The van der Waals surface area contributed by atoms with Gasteiger partial charge in [-0.05, 0) is 24.1 Å². The molecule has 138 valence electrons. The molecule has 1 atom stereocenters. The average Bonchev–Trinajstić information content (AvgIpc) is 2.66. The lowest BCUT2D eigenvalue weighted by Crippen LogP contribution is -2.32. The third kappa shape index (κ3) is 5.30. The van der Waals surface area contributed by atoms with E-state index in [0.29, 0.717) is 15.9 Å². The number of nitrogens with one attached hydrogen (secondary N) is 2. The van der Waals surface area contributed by atoms with Gasteiger partial charge < -0.3 is 5.32 Å². The van der Waals surface area contributed by atoms with Crippen molar-refractivity contribution >= 4 is 34.9 Å². The van der Waals surface area contributed by atoms with Gasteiger partial charge >= 0.3 is 0 Å². The van der Waals surface area contributed by atoms with Gasteiger partial charge in [0.15, 0.2) is 5.82 Å². The van der Waals surface area contributed by atoms with E-state index < -0.39 is 0 Å². The molecule has 0 aliphatic heterocycles. The minimum atomic E-state index is -0.236. The zero-order chi connectivity index (χ0) is 19.2. The van der Waals surface area contributed by atoms with Crippen molar-refractivity contribution < 1.29 is 4.79 Å². The molecule has 1 heterocycles. The first kappa shape index (κ1) is 19.4. The molecule has 2 N–H and O–H groups in total. The Kier molecular flexibility index (Phi) is 6.45. The topological polar surface area (TPSA) is 54.0 Å². The summed E-state index contributed by atoms with van der Waals surface area (Å²) in [6, 6.07) is 19.7. The van der Waals surface area contributed by atoms with E-state index >= 15 is 0 Å². The molecule has 0 fully saturated rings. The molecule has 1 amide bonds. The molecule has 0 aliphatic rings. The Hall–Kier alpha value is -2.40. The molecule has 3 aromatic rings. The standard InChI is InChI=1S/C21H19Cl2N3O/c1-14-7-9-16(10-8-14)20(15-5-3-2-4-6-15)24-13-19(27)26-21-18(23)11-17(22)12-25-21/h2-12,20,24H,13H2,1H3,(H,25,26,27)/t20-/m0/s1. The predicted molar refractivity (Wildman–Crippen MR) is 110 cm³/mol. The molecule has 0 aliphatic carbocycles. The van der Waals surface area contributed by atoms with Crippen LogP contribution >= 0.6 is 23.2 Å². The van der Waals surface area contributed by atoms with E-state index in [4.69, 9.17) is 23.2 Å². The van der Waals surface area contributed by atoms with Crippen LogP contribution in [-0.4, -0.2) is 17.4 Å². The summed E-state index contributed by atoms with van der Waals surface area (Å²) in [6.45, 7) is 2.15. The molecule has 0 radical (unpaired) electrons. The number of amides is 1. The lowest BCUT2D eigenvalue weighted by Gasteiger charge is -2.20. The number of pyridine rings is 1. The predicted octanol–water partition coefficient (Wildman–Crippen LogP) is 5.01. The Bertz CT molecular complexity index is 914. The van der Waals surface area contributed by atoms with Crippen molar-refractivity contribution in [1.82, 2.24) is 10.3 Å². The number of aryl methyl sites for hydroxylation is 1. The van der Waals surface area contributed by atoms with Crippen LogP contribution in [0.4, 0.5) is 5.82 Å². The van der Waals surface area contributed by atoms with Crippen molar-refractivity contribution in [1.29, 1.82) is 0 Å². The molecule has 0 unspecified atom stereocenters. The molecule has 0 saturated heterocycles. The highest BCUT2D eigenvalue weighted by Crippen LogP contribution is 2.24. The molecule has 0 bridgehead atoms. The zero-order valence-electron chi connectivity index (χ0n) is 14.7. The number of anilines is 1. The van der Waals surface area contributed by atoms with Gasteiger partial charge in [-0.15, -0.1) is 0 Å². The molecule has 4 nitrogen and oxygen atoms in total. The first-order valence-corrected chi connectivity index (χ1v) is 9.24. The van der Waals surface area contributed by atoms with Crippen molar-refractivity contribution in [3.05, 3.63) is 93.6 Å². The summed E-state index contributed by atoms with van der Waals surface area (Å²) in [4.78, 5) is 16.4. The normalized spacial score (nSPS) is 11.8. The molecule has 6 heteroatoms. The molecular formula is C21H19Cl2N3O. The monoisotopic (exact) mass is 399 g/mol. The molecule has 2 aromatic carbocycles. The minimum absolute atomic E-state index is 0.105. The average molecular weight is 400 g/mol. The van der Waals surface area contributed by atoms with Crippen LogP contribution in [0.5, 0.6) is 0 Å². The van der Waals surface area contributed by atoms with Crippen LogP contribution in [0.1, 0.15) is 22.7 Å². The van der Waals surface area contributed by atoms with Gasteiger partial charge in [0.2, 0.25) is 5.91 Å². The fourth-order valence-electron chi connectivity index (χ4n) is 2.71. The first-order chi connectivity index (χ1) is 13.0. The molecule has 0 saturated carbocycles. The van der Waals surface area contributed by atoms with E-state index in [1.54, 1.807) is 0 Å². The van der Waals surface area contributed by atoms with Gasteiger partial charge in [-0.25, -0.2) is 4.98 Å². The highest BCUT2D eigenvalue weighted by atomic mass is 35.5. The smallest absolute Gasteiger partial charge is 0.239 e. The second-order valence-electron chi connectivity index (χ2n) is 6.17. The van der Waals surface area contributed by atoms with E-state index in [1.807, 2.05) is 37.3 Å². The van der Waals surface area contributed by atoms with E-state index in [1.165, 1.54) is 17.8 Å². The summed E-state index contributed by atoms with van der Waals surface area (Å²) in [5, 5.41) is 6.73. The maximum Gasteiger partial charge on any atom is 0.239 e. The number of nitrogens with zero attached hydrogens (tertiary/aromatic N) is 1. The number of hydrogen-bond acceptors (Lipinski definition) is 3. The van der Waals surface area contributed by atoms with Crippen molar-refractivity contribution in [3.63, 3.8) is 0 Å². The maximum absolute atomic E-state index is 12.4.